The van der Waals surface area contributed by atoms with E-state index in [9.17, 15) is 0 Å². The maximum Gasteiger partial charge on any atom is 0.0986 e. The lowest BCUT2D eigenvalue weighted by molar-refractivity contribution is 0.880. The molecule has 0 saturated heterocycles. The largest absolute Gasteiger partial charge is 0.355 e. The fourth-order valence-corrected chi connectivity index (χ4v) is 5.00. The van der Waals surface area contributed by atoms with E-state index in [-0.39, 0.29) is 0 Å². The Labute approximate surface area is 159 Å². The molecule has 1 aromatic heterocycles. The molecular weight excluding hydrogens is 342 g/mol. The van der Waals surface area contributed by atoms with Gasteiger partial charge in [0.1, 0.15) is 0 Å². The molecule has 1 aromatic carbocycles. The Bertz CT molecular complexity index is 822. The van der Waals surface area contributed by atoms with Crippen LogP contribution in [-0.2, 0) is 0 Å². The van der Waals surface area contributed by atoms with E-state index >= 15 is 0 Å². The van der Waals surface area contributed by atoms with E-state index in [1.807, 2.05) is 23.1 Å². The fourth-order valence-electron chi connectivity index (χ4n) is 2.82. The number of nitrogens with zero attached hydrogens (tertiary/aromatic N) is 1. The minimum Gasteiger partial charge on any atom is -0.355 e. The van der Waals surface area contributed by atoms with Crippen molar-refractivity contribution in [1.82, 2.24) is 0 Å². The third-order valence-corrected chi connectivity index (χ3v) is 6.62. The van der Waals surface area contributed by atoms with Crippen LogP contribution in [0.3, 0.4) is 0 Å². The molecule has 0 amide bonds. The van der Waals surface area contributed by atoms with Gasteiger partial charge in [0.2, 0.25) is 0 Å². The smallest absolute Gasteiger partial charge is 0.0986 e. The topological polar surface area (TPSA) is 3.24 Å². The molecule has 0 aliphatic carbocycles. The van der Waals surface area contributed by atoms with Crippen LogP contribution in [0.4, 0.5) is 5.69 Å². The maximum atomic E-state index is 2.46. The van der Waals surface area contributed by atoms with E-state index in [1.54, 1.807) is 0 Å². The molecule has 2 heterocycles. The normalized spacial score (nSPS) is 17.2. The first-order valence-electron chi connectivity index (χ1n) is 8.71. The summed E-state index contributed by atoms with van der Waals surface area (Å²) < 4.78 is 0. The second-order valence-electron chi connectivity index (χ2n) is 6.42. The molecule has 2 aromatic rings. The highest BCUT2D eigenvalue weighted by Gasteiger charge is 2.26. The Kier molecular flexibility index (Phi) is 5.87. The molecule has 3 heteroatoms. The first-order chi connectivity index (χ1) is 12.1. The zero-order chi connectivity index (χ0) is 17.8. The van der Waals surface area contributed by atoms with Gasteiger partial charge in [-0.05, 0) is 63.6 Å². The van der Waals surface area contributed by atoms with Crippen LogP contribution in [0.15, 0.2) is 65.1 Å². The summed E-state index contributed by atoms with van der Waals surface area (Å²) in [5, 5.41) is 0.385. The summed E-state index contributed by atoms with van der Waals surface area (Å²) in [6.45, 7) is 9.69. The number of thiophene rings is 1. The van der Waals surface area contributed by atoms with Gasteiger partial charge in [0.05, 0.1) is 11.1 Å². The predicted octanol–water partition coefficient (Wildman–Crippen LogP) is 7.09. The van der Waals surface area contributed by atoms with Crippen molar-refractivity contribution in [3.8, 4) is 0 Å². The van der Waals surface area contributed by atoms with Crippen LogP contribution in [0.2, 0.25) is 0 Å². The summed E-state index contributed by atoms with van der Waals surface area (Å²) in [6, 6.07) is 13.1. The number of thioether (sulfide) groups is 1. The standard InChI is InChI=1S/C22H25NS2/c1-5-23-19-8-6-7-9-21(19)25-22(23)15-13-18-12-14-20(24-18)17(4)11-10-16(2)3/h6-15,22H,5H2,1-4H3/b15-13+,17-11+. The third-order valence-electron chi connectivity index (χ3n) is 4.18. The number of benzene rings is 1. The Balaban J connectivity index is 1.73. The zero-order valence-corrected chi connectivity index (χ0v) is 17.0. The number of anilines is 1. The van der Waals surface area contributed by atoms with Crippen molar-refractivity contribution < 1.29 is 0 Å². The Morgan fingerprint density at radius 3 is 2.64 bits per heavy atom. The molecule has 0 radical (unpaired) electrons. The summed E-state index contributed by atoms with van der Waals surface area (Å²) in [6.07, 6.45) is 8.99. The summed E-state index contributed by atoms with van der Waals surface area (Å²) in [5.41, 5.74) is 4.01. The van der Waals surface area contributed by atoms with E-state index in [1.165, 1.54) is 31.5 Å². The molecule has 0 spiro atoms. The van der Waals surface area contributed by atoms with Crippen LogP contribution >= 0.6 is 23.1 Å². The van der Waals surface area contributed by atoms with E-state index < -0.39 is 0 Å². The molecule has 1 aliphatic rings. The highest BCUT2D eigenvalue weighted by molar-refractivity contribution is 8.00. The van der Waals surface area contributed by atoms with Crippen LogP contribution in [0, 0.1) is 0 Å². The second-order valence-corrected chi connectivity index (χ2v) is 8.69. The number of para-hydroxylation sites is 1. The molecule has 0 bridgehead atoms. The van der Waals surface area contributed by atoms with Crippen molar-refractivity contribution in [2.75, 3.05) is 11.4 Å². The van der Waals surface area contributed by atoms with Crippen LogP contribution in [0.1, 0.15) is 37.4 Å². The van der Waals surface area contributed by atoms with Gasteiger partial charge in [0.15, 0.2) is 0 Å². The monoisotopic (exact) mass is 367 g/mol. The first kappa shape index (κ1) is 18.1. The van der Waals surface area contributed by atoms with E-state index in [0.717, 1.165) is 6.54 Å². The van der Waals surface area contributed by atoms with Crippen LogP contribution < -0.4 is 4.90 Å². The maximum absolute atomic E-state index is 2.46. The Morgan fingerprint density at radius 2 is 1.88 bits per heavy atom. The van der Waals surface area contributed by atoms with Gasteiger partial charge >= 0.3 is 0 Å². The Morgan fingerprint density at radius 1 is 1.08 bits per heavy atom. The van der Waals surface area contributed by atoms with Gasteiger partial charge in [-0.3, -0.25) is 0 Å². The zero-order valence-electron chi connectivity index (χ0n) is 15.3. The molecule has 0 saturated carbocycles. The van der Waals surface area contributed by atoms with Gasteiger partial charge < -0.3 is 4.90 Å². The molecule has 3 rings (SSSR count). The van der Waals surface area contributed by atoms with E-state index in [2.05, 4.69) is 93.3 Å². The van der Waals surface area contributed by atoms with Gasteiger partial charge in [-0.15, -0.1) is 11.3 Å². The second kappa shape index (κ2) is 8.11. The Hall–Kier alpha value is -1.71. The molecule has 1 atom stereocenters. The highest BCUT2D eigenvalue weighted by atomic mass is 32.2. The molecule has 1 unspecified atom stereocenters. The van der Waals surface area contributed by atoms with Crippen molar-refractivity contribution in [2.24, 2.45) is 0 Å². The highest BCUT2D eigenvalue weighted by Crippen LogP contribution is 2.43. The lowest BCUT2D eigenvalue weighted by Crippen LogP contribution is -2.27. The number of rotatable bonds is 5. The quantitative estimate of drug-likeness (QED) is 0.519. The van der Waals surface area contributed by atoms with Crippen LogP contribution in [0.5, 0.6) is 0 Å². The van der Waals surface area contributed by atoms with E-state index in [0.29, 0.717) is 5.37 Å². The predicted molar refractivity (Wildman–Crippen MR) is 116 cm³/mol. The summed E-state index contributed by atoms with van der Waals surface area (Å²) in [5.74, 6) is 0. The average Bonchev–Trinajstić information content (AvgIpc) is 3.21. The van der Waals surface area contributed by atoms with Crippen LogP contribution in [0.25, 0.3) is 11.6 Å². The molecule has 1 nitrogen and oxygen atoms in total. The number of likely N-dealkylation sites (N-methyl/N-ethyl adjacent to an activating group) is 1. The lowest BCUT2D eigenvalue weighted by atomic mass is 10.2. The summed E-state index contributed by atoms with van der Waals surface area (Å²) in [4.78, 5) is 6.50. The molecular formula is C22H25NS2. The molecule has 1 aliphatic heterocycles. The molecule has 25 heavy (non-hydrogen) atoms. The van der Waals surface area contributed by atoms with Gasteiger partial charge in [-0.25, -0.2) is 0 Å². The van der Waals surface area contributed by atoms with Crippen molar-refractivity contribution in [2.45, 2.75) is 38.0 Å². The number of allylic oxidation sites excluding steroid dienone is 4. The average molecular weight is 368 g/mol. The lowest BCUT2D eigenvalue weighted by Gasteiger charge is -2.22. The number of hydrogen-bond donors (Lipinski definition) is 0. The molecule has 0 N–H and O–H groups in total. The minimum atomic E-state index is 0.385. The van der Waals surface area contributed by atoms with Crippen molar-refractivity contribution >= 4 is 40.4 Å². The summed E-state index contributed by atoms with van der Waals surface area (Å²) >= 11 is 3.79. The van der Waals surface area contributed by atoms with E-state index in [4.69, 9.17) is 0 Å². The molecule has 130 valence electrons. The van der Waals surface area contributed by atoms with Gasteiger partial charge in [0, 0.05) is 21.2 Å². The first-order valence-corrected chi connectivity index (χ1v) is 10.4. The summed E-state index contributed by atoms with van der Waals surface area (Å²) in [7, 11) is 0. The minimum absolute atomic E-state index is 0.385. The third kappa shape index (κ3) is 4.28. The van der Waals surface area contributed by atoms with Crippen molar-refractivity contribution in [1.29, 1.82) is 0 Å². The van der Waals surface area contributed by atoms with Crippen LogP contribution in [-0.4, -0.2) is 11.9 Å². The number of fused-ring (bicyclic) bond motifs is 1. The number of hydrogen-bond acceptors (Lipinski definition) is 3. The van der Waals surface area contributed by atoms with Gasteiger partial charge in [-0.1, -0.05) is 47.7 Å². The van der Waals surface area contributed by atoms with Gasteiger partial charge in [0.25, 0.3) is 0 Å². The fraction of sp³-hybridized carbons (Fsp3) is 0.273. The SMILES string of the molecule is CCN1c2ccccc2SC1/C=C/c1ccc(/C(C)=C/C=C(C)C)s1. The van der Waals surface area contributed by atoms with Crippen molar-refractivity contribution in [3.05, 3.63) is 70.0 Å². The van der Waals surface area contributed by atoms with Crippen molar-refractivity contribution in [3.63, 3.8) is 0 Å². The molecule has 0 fully saturated rings. The van der Waals surface area contributed by atoms with Gasteiger partial charge in [-0.2, -0.15) is 0 Å².